The number of alkyl halides is 24. The van der Waals surface area contributed by atoms with Crippen LogP contribution in [0.1, 0.15) is 54.9 Å². The van der Waals surface area contributed by atoms with Crippen LogP contribution in [0.3, 0.4) is 0 Å². The Morgan fingerprint density at radius 1 is 0.405 bits per heavy atom. The van der Waals surface area contributed by atoms with Crippen LogP contribution in [0.15, 0.2) is 125 Å². The maximum Gasteiger partial charge on any atom is 0.416 e. The highest BCUT2D eigenvalue weighted by molar-refractivity contribution is 9.10. The average Bonchev–Trinajstić information content (AvgIpc) is 3.25. The van der Waals surface area contributed by atoms with Gasteiger partial charge in [-0.3, -0.25) is 4.79 Å². The van der Waals surface area contributed by atoms with Crippen LogP contribution in [0.5, 0.6) is 0 Å². The molecule has 74 heavy (non-hydrogen) atoms. The summed E-state index contributed by atoms with van der Waals surface area (Å²) >= 11 is 6.64. The van der Waals surface area contributed by atoms with Crippen LogP contribution in [0.25, 0.3) is 0 Å². The normalized spacial score (nSPS) is 13.4. The number of carbonyl (C=O) groups is 1. The molecular weight excluding hydrogens is 1200 g/mol. The smallest absolute Gasteiger partial charge is 0.287 e. The van der Waals surface area contributed by atoms with Crippen LogP contribution >= 0.6 is 31.9 Å². The first-order valence-electron chi connectivity index (χ1n) is 19.6. The fraction of sp³-hybridized carbons (Fsp3) is 0.205. The van der Waals surface area contributed by atoms with Crippen molar-refractivity contribution in [2.45, 2.75) is 56.0 Å². The Balaban J connectivity index is 0.000000500. The van der Waals surface area contributed by atoms with Crippen molar-refractivity contribution in [2.75, 3.05) is 0 Å². The third kappa shape index (κ3) is 13.7. The van der Waals surface area contributed by atoms with Crippen molar-refractivity contribution in [3.8, 4) is 0 Å². The molecule has 0 fully saturated rings. The zero-order valence-corrected chi connectivity index (χ0v) is 38.6. The van der Waals surface area contributed by atoms with Crippen molar-refractivity contribution in [3.63, 3.8) is 0 Å². The lowest BCUT2D eigenvalue weighted by Crippen LogP contribution is -2.75. The van der Waals surface area contributed by atoms with Gasteiger partial charge in [-0.25, -0.2) is 4.98 Å². The largest absolute Gasteiger partial charge is 0.416 e. The van der Waals surface area contributed by atoms with E-state index in [0.717, 1.165) is 4.60 Å². The molecule has 0 aliphatic carbocycles. The summed E-state index contributed by atoms with van der Waals surface area (Å²) in [6.07, 6.45) is -51.4. The summed E-state index contributed by atoms with van der Waals surface area (Å²) in [6.45, 7) is 0.283. The summed E-state index contributed by atoms with van der Waals surface area (Å²) < 4.78 is 344. The zero-order chi connectivity index (χ0) is 56.2. The standard InChI is InChI=1S/C32H12BF24.C12H9Br2N2O/c34-25(35,36)13-1-14(26(37,38)39)6-21(5-13)33(22-7-15(27(40,41)42)2-16(8-22)28(43,44)45,23-9-17(29(46,47)48)3-18(10-23)30(49,50)51)24-11-19(31(52,53)54)4-20(12-24)32(55,56)57;13-11-8-16(12(14)6-15-11)7-10(17)9-4-2-1-3-5-9/h1-12H;1-6,8H,7H2/q-1;+1. The molecule has 5 aromatic carbocycles. The summed E-state index contributed by atoms with van der Waals surface area (Å²) in [4.78, 5) is 16.1. The third-order valence-electron chi connectivity index (χ3n) is 10.7. The molecule has 6 aromatic rings. The van der Waals surface area contributed by atoms with Crippen molar-refractivity contribution in [1.82, 2.24) is 4.98 Å². The second-order valence-electron chi connectivity index (χ2n) is 15.7. The third-order valence-corrected chi connectivity index (χ3v) is 11.8. The van der Waals surface area contributed by atoms with Gasteiger partial charge in [0, 0.05) is 21.5 Å². The number of halogens is 26. The van der Waals surface area contributed by atoms with E-state index >= 15 is 0 Å². The number of rotatable bonds is 7. The predicted molar refractivity (Wildman–Crippen MR) is 221 cm³/mol. The molecule has 1 aromatic heterocycles. The molecule has 30 heteroatoms. The molecular formula is C44H21BBr2F24N2O. The van der Waals surface area contributed by atoms with Gasteiger partial charge < -0.3 is 0 Å². The quantitative estimate of drug-likeness (QED) is 0.0691. The van der Waals surface area contributed by atoms with Crippen LogP contribution in [-0.2, 0) is 56.0 Å². The molecule has 1 heterocycles. The van der Waals surface area contributed by atoms with Gasteiger partial charge in [-0.2, -0.15) is 132 Å². The second kappa shape index (κ2) is 20.4. The Hall–Kier alpha value is -5.81. The van der Waals surface area contributed by atoms with E-state index in [4.69, 9.17) is 0 Å². The number of nitrogens with zero attached hydrogens (tertiary/aromatic N) is 2. The lowest BCUT2D eigenvalue weighted by atomic mass is 9.12. The summed E-state index contributed by atoms with van der Waals surface area (Å²) in [6, 6.07) is 0.420. The molecule has 3 nitrogen and oxygen atoms in total. The summed E-state index contributed by atoms with van der Waals surface area (Å²) in [5.41, 5.74) is -29.5. The lowest BCUT2D eigenvalue weighted by Gasteiger charge is -2.46. The summed E-state index contributed by atoms with van der Waals surface area (Å²) in [7, 11) is 0. The number of hydrogen-bond acceptors (Lipinski definition) is 2. The number of Topliss-reactive ketones (excluding diaryl/α,β-unsaturated/α-hetero) is 1. The number of hydrogen-bond donors (Lipinski definition) is 0. The van der Waals surface area contributed by atoms with E-state index in [-0.39, 0.29) is 12.3 Å². The van der Waals surface area contributed by atoms with Gasteiger partial charge in [0.05, 0.1) is 44.5 Å². The van der Waals surface area contributed by atoms with Crippen molar-refractivity contribution >= 4 is 65.6 Å². The molecule has 0 saturated carbocycles. The van der Waals surface area contributed by atoms with E-state index in [1.165, 1.54) is 0 Å². The van der Waals surface area contributed by atoms with E-state index in [1.54, 1.807) is 17.0 Å². The first kappa shape index (κ1) is 59.1. The number of carbonyl (C=O) groups excluding carboxylic acids is 1. The van der Waals surface area contributed by atoms with Gasteiger partial charge in [0.15, 0.2) is 4.60 Å². The number of aromatic nitrogens is 2. The highest BCUT2D eigenvalue weighted by Gasteiger charge is 2.47. The van der Waals surface area contributed by atoms with Gasteiger partial charge in [-0.1, -0.05) is 78.9 Å². The van der Waals surface area contributed by atoms with Gasteiger partial charge in [0.2, 0.25) is 18.5 Å². The highest BCUT2D eigenvalue weighted by atomic mass is 79.9. The van der Waals surface area contributed by atoms with E-state index in [9.17, 15) is 110 Å². The molecule has 6 rings (SSSR count). The number of ketones is 1. The zero-order valence-electron chi connectivity index (χ0n) is 35.4. The Labute approximate surface area is 415 Å². The number of benzene rings is 5. The van der Waals surface area contributed by atoms with Gasteiger partial charge in [-0.15, -0.1) is 0 Å². The molecule has 0 amide bonds. The van der Waals surface area contributed by atoms with Crippen molar-refractivity contribution in [2.24, 2.45) is 0 Å². The van der Waals surface area contributed by atoms with Crippen LogP contribution in [0.4, 0.5) is 105 Å². The molecule has 0 bridgehead atoms. The van der Waals surface area contributed by atoms with Gasteiger partial charge >= 0.3 is 49.4 Å². The second-order valence-corrected chi connectivity index (χ2v) is 17.3. The Kier molecular flexibility index (Phi) is 16.3. The Bertz CT molecular complexity index is 2590. The van der Waals surface area contributed by atoms with Crippen molar-refractivity contribution in [3.05, 3.63) is 175 Å². The highest BCUT2D eigenvalue weighted by Crippen LogP contribution is 2.41. The molecule has 0 atom stereocenters. The predicted octanol–water partition coefficient (Wildman–Crippen LogP) is 14.0. The molecule has 0 saturated heterocycles. The Morgan fingerprint density at radius 3 is 0.878 bits per heavy atom. The van der Waals surface area contributed by atoms with E-state index in [1.807, 2.05) is 30.3 Å². The van der Waals surface area contributed by atoms with Crippen molar-refractivity contribution < 1.29 is 115 Å². The van der Waals surface area contributed by atoms with Gasteiger partial charge in [0.25, 0.3) is 4.60 Å². The monoisotopic (exact) mass is 1220 g/mol. The molecule has 0 N–H and O–H groups in total. The summed E-state index contributed by atoms with van der Waals surface area (Å²) in [5, 5.41) is 0. The maximum atomic E-state index is 14.2. The first-order chi connectivity index (χ1) is 33.4. The molecule has 0 aliphatic rings. The average molecular weight is 1220 g/mol. The van der Waals surface area contributed by atoms with Gasteiger partial charge in [-0.05, 0) is 40.2 Å². The van der Waals surface area contributed by atoms with Crippen LogP contribution in [-0.4, -0.2) is 16.9 Å². The van der Waals surface area contributed by atoms with E-state index in [0.29, 0.717) is 10.2 Å². The fourth-order valence-corrected chi connectivity index (χ4v) is 8.15. The SMILES string of the molecule is FC(F)(F)c1cc([B-](c2cc(C(F)(F)F)cc(C(F)(F)F)c2)(c2cc(C(F)(F)F)cc(C(F)(F)F)c2)c2cc(C(F)(F)F)cc(C(F)(F)F)c2)cc(C(F)(F)F)c1.O=C(C[n+]1cc(Br)ncc1Br)c1ccccc1. The van der Waals surface area contributed by atoms with Crippen LogP contribution < -0.4 is 26.4 Å². The van der Waals surface area contributed by atoms with Crippen molar-refractivity contribution in [1.29, 1.82) is 0 Å². The maximum absolute atomic E-state index is 14.2. The molecule has 398 valence electrons. The minimum Gasteiger partial charge on any atom is -0.287 e. The fourth-order valence-electron chi connectivity index (χ4n) is 7.47. The van der Waals surface area contributed by atoms with E-state index in [2.05, 4.69) is 36.8 Å². The molecule has 0 unspecified atom stereocenters. The minimum atomic E-state index is -6.13. The van der Waals surface area contributed by atoms with Crippen LogP contribution in [0.2, 0.25) is 0 Å². The Morgan fingerprint density at radius 2 is 0.649 bits per heavy atom. The van der Waals surface area contributed by atoms with Crippen LogP contribution in [0, 0.1) is 0 Å². The van der Waals surface area contributed by atoms with E-state index < -0.39 is 195 Å². The van der Waals surface area contributed by atoms with Gasteiger partial charge in [0.1, 0.15) is 12.3 Å². The molecule has 0 radical (unpaired) electrons. The lowest BCUT2D eigenvalue weighted by molar-refractivity contribution is -0.695. The topological polar surface area (TPSA) is 33.8 Å². The first-order valence-corrected chi connectivity index (χ1v) is 21.2. The minimum absolute atomic E-state index is 0.0643. The molecule has 0 spiro atoms. The summed E-state index contributed by atoms with van der Waals surface area (Å²) in [5.74, 6) is 0.0643. The molecule has 0 aliphatic heterocycles.